The van der Waals surface area contributed by atoms with E-state index in [-0.39, 0.29) is 5.91 Å². The first-order chi connectivity index (χ1) is 11.7. The Morgan fingerprint density at radius 2 is 1.62 bits per heavy atom. The van der Waals surface area contributed by atoms with Crippen LogP contribution in [-0.2, 0) is 4.74 Å². The van der Waals surface area contributed by atoms with E-state index in [4.69, 9.17) is 4.74 Å². The smallest absolute Gasteiger partial charge is 0.339 e. The highest BCUT2D eigenvalue weighted by Gasteiger charge is 2.16. The van der Waals surface area contributed by atoms with Crippen LogP contribution in [0.15, 0.2) is 67.3 Å². The topological polar surface area (TPSA) is 73.2 Å². The van der Waals surface area contributed by atoms with Gasteiger partial charge in [0.2, 0.25) is 0 Å². The second-order valence-electron chi connectivity index (χ2n) is 4.98. The summed E-state index contributed by atoms with van der Waals surface area (Å²) in [7, 11) is 1.33. The number of hydrogen-bond acceptors (Lipinski definition) is 5. The van der Waals surface area contributed by atoms with Crippen molar-refractivity contribution in [2.45, 2.75) is 0 Å². The van der Waals surface area contributed by atoms with Crippen LogP contribution in [0, 0.1) is 0 Å². The Kier molecular flexibility index (Phi) is 4.38. The Labute approximate surface area is 138 Å². The number of esters is 1. The molecule has 3 rings (SSSR count). The highest BCUT2D eigenvalue weighted by molar-refractivity contribution is 6.03. The fourth-order valence-corrected chi connectivity index (χ4v) is 2.32. The standard InChI is InChI=1S/C18H15N3O3/c1-24-18(23)14-7-3-5-9-16(14)20-15-8-4-2-6-13(15)17(22)21-11-10-19-12-21/h2-12,20H,1H3. The van der Waals surface area contributed by atoms with E-state index >= 15 is 0 Å². The Bertz CT molecular complexity index is 873. The van der Waals surface area contributed by atoms with Crippen LogP contribution in [0.3, 0.4) is 0 Å². The summed E-state index contributed by atoms with van der Waals surface area (Å²) in [6, 6.07) is 14.0. The highest BCUT2D eigenvalue weighted by atomic mass is 16.5. The number of carbonyl (C=O) groups is 2. The lowest BCUT2D eigenvalue weighted by atomic mass is 10.1. The molecule has 0 spiro atoms. The predicted octanol–water partition coefficient (Wildman–Crippen LogP) is 3.10. The van der Waals surface area contributed by atoms with Crippen molar-refractivity contribution in [2.75, 3.05) is 12.4 Å². The molecule has 1 aromatic heterocycles. The van der Waals surface area contributed by atoms with Gasteiger partial charge in [-0.3, -0.25) is 9.36 Å². The van der Waals surface area contributed by atoms with Gasteiger partial charge in [-0.1, -0.05) is 24.3 Å². The van der Waals surface area contributed by atoms with Gasteiger partial charge in [-0.25, -0.2) is 9.78 Å². The van der Waals surface area contributed by atoms with Crippen LogP contribution in [0.1, 0.15) is 20.7 Å². The first-order valence-electron chi connectivity index (χ1n) is 7.27. The maximum atomic E-state index is 12.6. The summed E-state index contributed by atoms with van der Waals surface area (Å²) in [5, 5.41) is 3.14. The normalized spacial score (nSPS) is 10.2. The van der Waals surface area contributed by atoms with Crippen molar-refractivity contribution in [3.63, 3.8) is 0 Å². The van der Waals surface area contributed by atoms with Gasteiger partial charge in [0.25, 0.3) is 5.91 Å². The zero-order chi connectivity index (χ0) is 16.9. The molecular weight excluding hydrogens is 306 g/mol. The van der Waals surface area contributed by atoms with Gasteiger partial charge < -0.3 is 10.1 Å². The zero-order valence-corrected chi connectivity index (χ0v) is 13.0. The molecular formula is C18H15N3O3. The van der Waals surface area contributed by atoms with Gasteiger partial charge in [0.1, 0.15) is 6.33 Å². The summed E-state index contributed by atoms with van der Waals surface area (Å²) in [5.41, 5.74) is 2.02. The number of nitrogens with zero attached hydrogens (tertiary/aromatic N) is 2. The summed E-state index contributed by atoms with van der Waals surface area (Å²) in [6.45, 7) is 0. The van der Waals surface area contributed by atoms with Crippen LogP contribution in [0.5, 0.6) is 0 Å². The first kappa shape index (κ1) is 15.5. The van der Waals surface area contributed by atoms with E-state index in [9.17, 15) is 9.59 Å². The van der Waals surface area contributed by atoms with E-state index in [2.05, 4.69) is 10.3 Å². The maximum Gasteiger partial charge on any atom is 0.339 e. The summed E-state index contributed by atoms with van der Waals surface area (Å²) in [4.78, 5) is 28.4. The third-order valence-corrected chi connectivity index (χ3v) is 3.50. The maximum absolute atomic E-state index is 12.6. The molecule has 0 saturated carbocycles. The highest BCUT2D eigenvalue weighted by Crippen LogP contribution is 2.25. The van der Waals surface area contributed by atoms with Crippen LogP contribution in [0.2, 0.25) is 0 Å². The minimum absolute atomic E-state index is 0.217. The molecule has 0 fully saturated rings. The number of anilines is 2. The van der Waals surface area contributed by atoms with E-state index in [1.54, 1.807) is 54.9 Å². The molecule has 120 valence electrons. The molecule has 0 aliphatic carbocycles. The summed E-state index contributed by atoms with van der Waals surface area (Å²) < 4.78 is 6.19. The Morgan fingerprint density at radius 1 is 1.00 bits per heavy atom. The van der Waals surface area contributed by atoms with Crippen LogP contribution in [-0.4, -0.2) is 28.5 Å². The molecule has 3 aromatic rings. The number of para-hydroxylation sites is 2. The van der Waals surface area contributed by atoms with Crippen LogP contribution in [0.25, 0.3) is 0 Å². The molecule has 0 radical (unpaired) electrons. The van der Waals surface area contributed by atoms with Crippen molar-refractivity contribution in [3.05, 3.63) is 78.4 Å². The molecule has 1 heterocycles. The van der Waals surface area contributed by atoms with Crippen LogP contribution >= 0.6 is 0 Å². The molecule has 1 N–H and O–H groups in total. The largest absolute Gasteiger partial charge is 0.465 e. The van der Waals surface area contributed by atoms with Crippen LogP contribution in [0.4, 0.5) is 11.4 Å². The molecule has 0 atom stereocenters. The van der Waals surface area contributed by atoms with Gasteiger partial charge in [0, 0.05) is 12.4 Å². The van der Waals surface area contributed by atoms with Gasteiger partial charge in [0.05, 0.1) is 29.6 Å². The molecule has 6 heteroatoms. The number of carbonyl (C=O) groups excluding carboxylic acids is 2. The molecule has 0 bridgehead atoms. The van der Waals surface area contributed by atoms with E-state index in [0.29, 0.717) is 22.5 Å². The van der Waals surface area contributed by atoms with E-state index < -0.39 is 5.97 Å². The van der Waals surface area contributed by atoms with Crippen molar-refractivity contribution in [1.29, 1.82) is 0 Å². The number of aromatic nitrogens is 2. The van der Waals surface area contributed by atoms with Crippen LogP contribution < -0.4 is 5.32 Å². The molecule has 24 heavy (non-hydrogen) atoms. The minimum atomic E-state index is -0.448. The lowest BCUT2D eigenvalue weighted by molar-refractivity contribution is 0.0601. The number of ether oxygens (including phenoxy) is 1. The Hall–Kier alpha value is -3.41. The van der Waals surface area contributed by atoms with Gasteiger partial charge in [-0.15, -0.1) is 0 Å². The average Bonchev–Trinajstić information content (AvgIpc) is 3.16. The fourth-order valence-electron chi connectivity index (χ4n) is 2.32. The fraction of sp³-hybridized carbons (Fsp3) is 0.0556. The summed E-state index contributed by atoms with van der Waals surface area (Å²) >= 11 is 0. The second kappa shape index (κ2) is 6.78. The number of benzene rings is 2. The summed E-state index contributed by atoms with van der Waals surface area (Å²) in [5.74, 6) is -0.664. The third-order valence-electron chi connectivity index (χ3n) is 3.50. The number of methoxy groups -OCH3 is 1. The molecule has 0 aliphatic rings. The SMILES string of the molecule is COC(=O)c1ccccc1Nc1ccccc1C(=O)n1ccnc1. The van der Waals surface area contributed by atoms with Gasteiger partial charge in [-0.05, 0) is 24.3 Å². The first-order valence-corrected chi connectivity index (χ1v) is 7.27. The number of rotatable bonds is 4. The van der Waals surface area contributed by atoms with Crippen molar-refractivity contribution >= 4 is 23.3 Å². The summed E-state index contributed by atoms with van der Waals surface area (Å²) in [6.07, 6.45) is 4.57. The zero-order valence-electron chi connectivity index (χ0n) is 13.0. The minimum Gasteiger partial charge on any atom is -0.465 e. The molecule has 0 aliphatic heterocycles. The van der Waals surface area contributed by atoms with Gasteiger partial charge in [-0.2, -0.15) is 0 Å². The quantitative estimate of drug-likeness (QED) is 0.748. The van der Waals surface area contributed by atoms with E-state index in [1.807, 2.05) is 6.07 Å². The lowest BCUT2D eigenvalue weighted by Gasteiger charge is -2.14. The molecule has 2 aromatic carbocycles. The second-order valence-corrected chi connectivity index (χ2v) is 4.98. The molecule has 0 amide bonds. The molecule has 0 saturated heterocycles. The number of nitrogens with one attached hydrogen (secondary N) is 1. The van der Waals surface area contributed by atoms with Crippen molar-refractivity contribution in [2.24, 2.45) is 0 Å². The monoisotopic (exact) mass is 321 g/mol. The number of hydrogen-bond donors (Lipinski definition) is 1. The Morgan fingerprint density at radius 3 is 2.25 bits per heavy atom. The molecule has 0 unspecified atom stereocenters. The van der Waals surface area contributed by atoms with Gasteiger partial charge >= 0.3 is 5.97 Å². The predicted molar refractivity (Wildman–Crippen MR) is 89.5 cm³/mol. The van der Waals surface area contributed by atoms with Crippen molar-refractivity contribution < 1.29 is 14.3 Å². The van der Waals surface area contributed by atoms with E-state index in [1.165, 1.54) is 18.0 Å². The van der Waals surface area contributed by atoms with Crippen molar-refractivity contribution in [1.82, 2.24) is 9.55 Å². The van der Waals surface area contributed by atoms with E-state index in [0.717, 1.165) is 0 Å². The van der Waals surface area contributed by atoms with Crippen molar-refractivity contribution in [3.8, 4) is 0 Å². The Balaban J connectivity index is 1.98. The lowest BCUT2D eigenvalue weighted by Crippen LogP contribution is -2.13. The average molecular weight is 321 g/mol. The van der Waals surface area contributed by atoms with Gasteiger partial charge in [0.15, 0.2) is 0 Å². The molecule has 6 nitrogen and oxygen atoms in total. The third kappa shape index (κ3) is 3.03. The number of imidazole rings is 1.